The number of thiazole rings is 1. The Bertz CT molecular complexity index is 867. The highest BCUT2D eigenvalue weighted by Crippen LogP contribution is 2.32. The number of carbonyl (C=O) groups is 1. The quantitative estimate of drug-likeness (QED) is 0.666. The van der Waals surface area contributed by atoms with Crippen molar-refractivity contribution in [2.75, 3.05) is 12.4 Å². The Hall–Kier alpha value is -2.44. The number of hydrogen-bond acceptors (Lipinski definition) is 5. The average molecular weight is 356 g/mol. The number of aryl methyl sites for hydroxylation is 1. The summed E-state index contributed by atoms with van der Waals surface area (Å²) in [5, 5.41) is 7.24. The van der Waals surface area contributed by atoms with E-state index in [2.05, 4.69) is 10.3 Å². The molecule has 0 aliphatic heterocycles. The molecule has 24 heavy (non-hydrogen) atoms. The average Bonchev–Trinajstić information content (AvgIpc) is 3.24. The van der Waals surface area contributed by atoms with Crippen molar-refractivity contribution in [3.8, 4) is 17.0 Å². The van der Waals surface area contributed by atoms with Gasteiger partial charge in [-0.1, -0.05) is 17.7 Å². The number of ether oxygens (including phenoxy) is 1. The van der Waals surface area contributed by atoms with Gasteiger partial charge in [0.1, 0.15) is 5.75 Å². The van der Waals surface area contributed by atoms with Gasteiger partial charge in [0.2, 0.25) is 5.91 Å². The minimum Gasteiger partial charge on any atom is -0.496 e. The monoisotopic (exact) mass is 356 g/mol. The van der Waals surface area contributed by atoms with Crippen LogP contribution in [0.2, 0.25) is 0 Å². The Morgan fingerprint density at radius 3 is 2.92 bits per heavy atom. The molecule has 6 heteroatoms. The lowest BCUT2D eigenvalue weighted by atomic mass is 10.1. The van der Waals surface area contributed by atoms with Crippen LogP contribution in [0.1, 0.15) is 10.4 Å². The van der Waals surface area contributed by atoms with Crippen LogP contribution in [0, 0.1) is 6.92 Å². The van der Waals surface area contributed by atoms with E-state index >= 15 is 0 Å². The fourth-order valence-corrected chi connectivity index (χ4v) is 3.50. The zero-order chi connectivity index (χ0) is 16.9. The third-order valence-corrected chi connectivity index (χ3v) is 4.90. The maximum atomic E-state index is 12.0. The van der Waals surface area contributed by atoms with Crippen LogP contribution in [0.4, 0.5) is 5.13 Å². The van der Waals surface area contributed by atoms with Gasteiger partial charge in [-0.2, -0.15) is 0 Å². The summed E-state index contributed by atoms with van der Waals surface area (Å²) in [6.07, 6.45) is 3.30. The summed E-state index contributed by atoms with van der Waals surface area (Å²) in [4.78, 5) is 17.5. The van der Waals surface area contributed by atoms with Gasteiger partial charge in [-0.25, -0.2) is 4.98 Å². The summed E-state index contributed by atoms with van der Waals surface area (Å²) >= 11 is 2.98. The van der Waals surface area contributed by atoms with Crippen LogP contribution >= 0.6 is 22.7 Å². The fraction of sp³-hybridized carbons (Fsp3) is 0.111. The summed E-state index contributed by atoms with van der Waals surface area (Å²) < 4.78 is 5.39. The zero-order valence-electron chi connectivity index (χ0n) is 13.3. The molecule has 1 N–H and O–H groups in total. The molecule has 122 valence electrons. The van der Waals surface area contributed by atoms with E-state index in [9.17, 15) is 4.79 Å². The molecule has 1 aromatic carbocycles. The number of hydrogen-bond donors (Lipinski definition) is 1. The molecule has 0 spiro atoms. The molecule has 0 fully saturated rings. The minimum atomic E-state index is -0.194. The highest BCUT2D eigenvalue weighted by molar-refractivity contribution is 7.14. The number of nitrogens with one attached hydrogen (secondary N) is 1. The Labute approximate surface area is 148 Å². The first-order valence-corrected chi connectivity index (χ1v) is 9.05. The fourth-order valence-electron chi connectivity index (χ4n) is 2.17. The summed E-state index contributed by atoms with van der Waals surface area (Å²) in [7, 11) is 1.64. The standard InChI is InChI=1S/C18H16N2O2S2/c1-12-5-7-16(22-2)14(10-12)15-11-24-18(19-15)20-17(21)8-6-13-4-3-9-23-13/h3-11H,1-2H3,(H,19,20,21)/b8-6+. The van der Waals surface area contributed by atoms with Crippen molar-refractivity contribution in [2.24, 2.45) is 0 Å². The summed E-state index contributed by atoms with van der Waals surface area (Å²) in [6.45, 7) is 2.02. The zero-order valence-corrected chi connectivity index (χ0v) is 14.9. The Kier molecular flexibility index (Phi) is 5.08. The Morgan fingerprint density at radius 1 is 1.29 bits per heavy atom. The normalized spacial score (nSPS) is 10.9. The van der Waals surface area contributed by atoms with Crippen LogP contribution in [-0.2, 0) is 4.79 Å². The molecule has 2 heterocycles. The highest BCUT2D eigenvalue weighted by Gasteiger charge is 2.11. The largest absolute Gasteiger partial charge is 0.496 e. The van der Waals surface area contributed by atoms with Crippen molar-refractivity contribution in [1.82, 2.24) is 4.98 Å². The van der Waals surface area contributed by atoms with Crippen molar-refractivity contribution in [3.63, 3.8) is 0 Å². The van der Waals surface area contributed by atoms with Crippen LogP contribution in [0.15, 0.2) is 47.2 Å². The first kappa shape index (κ1) is 16.4. The van der Waals surface area contributed by atoms with E-state index in [4.69, 9.17) is 4.74 Å². The third kappa shape index (κ3) is 3.90. The molecule has 0 aliphatic carbocycles. The molecule has 4 nitrogen and oxygen atoms in total. The maximum absolute atomic E-state index is 12.0. The number of rotatable bonds is 5. The van der Waals surface area contributed by atoms with Crippen molar-refractivity contribution < 1.29 is 9.53 Å². The number of aromatic nitrogens is 1. The molecule has 0 unspecified atom stereocenters. The molecule has 0 radical (unpaired) electrons. The number of carbonyl (C=O) groups excluding carboxylic acids is 1. The van der Waals surface area contributed by atoms with Gasteiger partial charge < -0.3 is 4.74 Å². The van der Waals surface area contributed by atoms with Gasteiger partial charge in [0, 0.05) is 21.9 Å². The number of anilines is 1. The number of amides is 1. The number of thiophene rings is 1. The lowest BCUT2D eigenvalue weighted by Gasteiger charge is -2.07. The van der Waals surface area contributed by atoms with Gasteiger partial charge in [0.15, 0.2) is 5.13 Å². The third-order valence-electron chi connectivity index (χ3n) is 3.31. The van der Waals surface area contributed by atoms with Crippen LogP contribution < -0.4 is 10.1 Å². The lowest BCUT2D eigenvalue weighted by molar-refractivity contribution is -0.111. The van der Waals surface area contributed by atoms with Gasteiger partial charge in [0.05, 0.1) is 12.8 Å². The number of nitrogens with zero attached hydrogens (tertiary/aromatic N) is 1. The highest BCUT2D eigenvalue weighted by atomic mass is 32.1. The van der Waals surface area contributed by atoms with Crippen molar-refractivity contribution >= 4 is 39.8 Å². The number of methoxy groups -OCH3 is 1. The van der Waals surface area contributed by atoms with Crippen LogP contribution in [0.25, 0.3) is 17.3 Å². The molecule has 0 saturated carbocycles. The minimum absolute atomic E-state index is 0.194. The van der Waals surface area contributed by atoms with E-state index in [0.29, 0.717) is 5.13 Å². The van der Waals surface area contributed by atoms with Gasteiger partial charge in [-0.05, 0) is 36.6 Å². The molecule has 0 atom stereocenters. The van der Waals surface area contributed by atoms with Gasteiger partial charge in [-0.15, -0.1) is 22.7 Å². The van der Waals surface area contributed by atoms with Crippen LogP contribution in [0.5, 0.6) is 5.75 Å². The van der Waals surface area contributed by atoms with E-state index in [1.165, 1.54) is 17.4 Å². The number of benzene rings is 1. The topological polar surface area (TPSA) is 51.2 Å². The first-order valence-electron chi connectivity index (χ1n) is 7.29. The molecule has 1 amide bonds. The van der Waals surface area contributed by atoms with Crippen molar-refractivity contribution in [1.29, 1.82) is 0 Å². The smallest absolute Gasteiger partial charge is 0.250 e. The van der Waals surface area contributed by atoms with Crippen LogP contribution in [0.3, 0.4) is 0 Å². The molecule has 3 rings (SSSR count). The second kappa shape index (κ2) is 7.42. The van der Waals surface area contributed by atoms with Crippen LogP contribution in [-0.4, -0.2) is 18.0 Å². The summed E-state index contributed by atoms with van der Waals surface area (Å²) in [6, 6.07) is 9.85. The molecular formula is C18H16N2O2S2. The molecule has 0 bridgehead atoms. The van der Waals surface area contributed by atoms with Crippen molar-refractivity contribution in [3.05, 3.63) is 57.6 Å². The SMILES string of the molecule is COc1ccc(C)cc1-c1csc(NC(=O)/C=C/c2cccs2)n1. The Balaban J connectivity index is 1.74. The Morgan fingerprint density at radius 2 is 2.17 bits per heavy atom. The summed E-state index contributed by atoms with van der Waals surface area (Å²) in [5.41, 5.74) is 2.84. The molecule has 2 aromatic heterocycles. The van der Waals surface area contributed by atoms with E-state index in [-0.39, 0.29) is 5.91 Å². The van der Waals surface area contributed by atoms with E-state index in [1.54, 1.807) is 24.5 Å². The maximum Gasteiger partial charge on any atom is 0.250 e. The predicted molar refractivity (Wildman–Crippen MR) is 101 cm³/mol. The van der Waals surface area contributed by atoms with E-state index in [1.807, 2.05) is 48.0 Å². The summed E-state index contributed by atoms with van der Waals surface area (Å²) in [5.74, 6) is 0.571. The second-order valence-electron chi connectivity index (χ2n) is 5.08. The molecule has 3 aromatic rings. The second-order valence-corrected chi connectivity index (χ2v) is 6.92. The molecule has 0 aliphatic rings. The first-order chi connectivity index (χ1) is 11.7. The van der Waals surface area contributed by atoms with Gasteiger partial charge in [0.25, 0.3) is 0 Å². The van der Waals surface area contributed by atoms with Gasteiger partial charge >= 0.3 is 0 Å². The van der Waals surface area contributed by atoms with E-state index < -0.39 is 0 Å². The van der Waals surface area contributed by atoms with Gasteiger partial charge in [-0.3, -0.25) is 10.1 Å². The van der Waals surface area contributed by atoms with Crippen molar-refractivity contribution in [2.45, 2.75) is 6.92 Å². The molecular weight excluding hydrogens is 340 g/mol. The molecule has 0 saturated heterocycles. The van der Waals surface area contributed by atoms with E-state index in [0.717, 1.165) is 27.4 Å². The predicted octanol–water partition coefficient (Wildman–Crippen LogP) is 4.84. The lowest BCUT2D eigenvalue weighted by Crippen LogP contribution is -2.07.